The smallest absolute Gasteiger partial charge is 0.239 e. The van der Waals surface area contributed by atoms with Crippen LogP contribution in [0.5, 0.6) is 0 Å². The monoisotopic (exact) mass is 139 g/mol. The minimum absolute atomic E-state index is 1.06. The molecule has 0 N–H and O–H groups in total. The van der Waals surface area contributed by atoms with E-state index in [0.29, 0.717) is 0 Å². The molecule has 10 heavy (non-hydrogen) atoms. The van der Waals surface area contributed by atoms with Gasteiger partial charge in [-0.25, -0.2) is 4.90 Å². The molecule has 1 aliphatic rings. The van der Waals surface area contributed by atoms with Crippen molar-refractivity contribution in [2.24, 2.45) is 0 Å². The molecule has 0 aliphatic carbocycles. The van der Waals surface area contributed by atoms with Gasteiger partial charge in [-0.15, -0.1) is 0 Å². The van der Waals surface area contributed by atoms with Gasteiger partial charge in [0, 0.05) is 0 Å². The zero-order valence-electron chi connectivity index (χ0n) is 6.75. The van der Waals surface area contributed by atoms with Gasteiger partial charge in [-0.05, 0) is 19.9 Å². The standard InChI is InChI=1S/C8H15N2/c1-3-9-6-5-7-10(4-2)8-9/h5-6,8H,3-4,7H2,1-2H3/q+1. The average molecular weight is 139 g/mol. The van der Waals surface area contributed by atoms with Crippen LogP contribution in [0.4, 0.5) is 0 Å². The van der Waals surface area contributed by atoms with Gasteiger partial charge in [0.2, 0.25) is 6.34 Å². The normalized spacial score (nSPS) is 17.4. The van der Waals surface area contributed by atoms with Gasteiger partial charge in [0.05, 0.1) is 19.3 Å². The van der Waals surface area contributed by atoms with Crippen LogP contribution in [0.15, 0.2) is 12.3 Å². The van der Waals surface area contributed by atoms with Crippen molar-refractivity contribution < 1.29 is 4.58 Å². The molecular weight excluding hydrogens is 124 g/mol. The Morgan fingerprint density at radius 3 is 2.90 bits per heavy atom. The molecule has 1 heterocycles. The number of hydrogen-bond acceptors (Lipinski definition) is 1. The van der Waals surface area contributed by atoms with E-state index in [1.165, 1.54) is 0 Å². The summed E-state index contributed by atoms with van der Waals surface area (Å²) in [5.41, 5.74) is 0. The summed E-state index contributed by atoms with van der Waals surface area (Å²) in [4.78, 5) is 2.19. The molecule has 1 rings (SSSR count). The number of likely N-dealkylation sites (N-methyl/N-ethyl adjacent to an activating group) is 1. The van der Waals surface area contributed by atoms with E-state index in [-0.39, 0.29) is 0 Å². The molecule has 0 saturated heterocycles. The first kappa shape index (κ1) is 7.32. The first-order valence-corrected chi connectivity index (χ1v) is 3.88. The van der Waals surface area contributed by atoms with E-state index in [0.717, 1.165) is 19.6 Å². The maximum Gasteiger partial charge on any atom is 0.239 e. The number of hydrogen-bond donors (Lipinski definition) is 0. The van der Waals surface area contributed by atoms with Crippen LogP contribution in [-0.2, 0) is 0 Å². The van der Waals surface area contributed by atoms with Crippen LogP contribution in [-0.4, -0.2) is 35.4 Å². The van der Waals surface area contributed by atoms with Gasteiger partial charge in [0.15, 0.2) is 0 Å². The molecule has 2 nitrogen and oxygen atoms in total. The molecule has 0 atom stereocenters. The summed E-state index contributed by atoms with van der Waals surface area (Å²) in [7, 11) is 0. The lowest BCUT2D eigenvalue weighted by Crippen LogP contribution is -2.28. The molecular formula is C8H15N2+. The van der Waals surface area contributed by atoms with Crippen LogP contribution >= 0.6 is 0 Å². The lowest BCUT2D eigenvalue weighted by Gasteiger charge is -2.11. The predicted octanol–water partition coefficient (Wildman–Crippen LogP) is 0.896. The second-order valence-corrected chi connectivity index (χ2v) is 2.42. The Hall–Kier alpha value is -0.790. The summed E-state index contributed by atoms with van der Waals surface area (Å²) < 4.78 is 2.28. The molecule has 0 aromatic rings. The van der Waals surface area contributed by atoms with Crippen molar-refractivity contribution in [1.82, 2.24) is 4.90 Å². The summed E-state index contributed by atoms with van der Waals surface area (Å²) in [6, 6.07) is 0. The van der Waals surface area contributed by atoms with Crippen LogP contribution in [0.25, 0.3) is 0 Å². The van der Waals surface area contributed by atoms with Crippen LogP contribution < -0.4 is 0 Å². The number of rotatable bonds is 2. The Morgan fingerprint density at radius 1 is 1.50 bits per heavy atom. The van der Waals surface area contributed by atoms with Gasteiger partial charge >= 0.3 is 0 Å². The Kier molecular flexibility index (Phi) is 2.49. The predicted molar refractivity (Wildman–Crippen MR) is 43.3 cm³/mol. The summed E-state index contributed by atoms with van der Waals surface area (Å²) in [6.07, 6.45) is 6.49. The lowest BCUT2D eigenvalue weighted by atomic mass is 10.4. The minimum atomic E-state index is 1.06. The van der Waals surface area contributed by atoms with Gasteiger partial charge in [0.25, 0.3) is 0 Å². The third-order valence-electron chi connectivity index (χ3n) is 1.72. The van der Waals surface area contributed by atoms with E-state index < -0.39 is 0 Å². The van der Waals surface area contributed by atoms with Crippen molar-refractivity contribution in [2.75, 3.05) is 19.6 Å². The Labute approximate surface area is 62.5 Å². The highest BCUT2D eigenvalue weighted by molar-refractivity contribution is 5.51. The van der Waals surface area contributed by atoms with Crippen molar-refractivity contribution in [1.29, 1.82) is 0 Å². The van der Waals surface area contributed by atoms with Gasteiger partial charge in [-0.3, -0.25) is 4.58 Å². The Bertz CT molecular complexity index is 159. The summed E-state index contributed by atoms with van der Waals surface area (Å²) in [6.45, 7) is 7.55. The van der Waals surface area contributed by atoms with Crippen molar-refractivity contribution >= 4 is 6.34 Å². The fraction of sp³-hybridized carbons (Fsp3) is 0.625. The SMILES string of the molecule is CCN1C=CC[N+](CC)=C1. The van der Waals surface area contributed by atoms with Crippen molar-refractivity contribution in [3.05, 3.63) is 12.3 Å². The molecule has 56 valence electrons. The van der Waals surface area contributed by atoms with Gasteiger partial charge < -0.3 is 0 Å². The topological polar surface area (TPSA) is 6.25 Å². The molecule has 0 aromatic carbocycles. The average Bonchev–Trinajstić information content (AvgIpc) is 2.05. The van der Waals surface area contributed by atoms with Gasteiger partial charge in [-0.1, -0.05) is 0 Å². The Balaban J connectivity index is 2.54. The van der Waals surface area contributed by atoms with Crippen molar-refractivity contribution in [3.63, 3.8) is 0 Å². The highest BCUT2D eigenvalue weighted by atomic mass is 15.2. The second-order valence-electron chi connectivity index (χ2n) is 2.42. The quantitative estimate of drug-likeness (QED) is 0.515. The first-order chi connectivity index (χ1) is 4.86. The van der Waals surface area contributed by atoms with E-state index in [4.69, 9.17) is 0 Å². The van der Waals surface area contributed by atoms with Crippen LogP contribution in [0.3, 0.4) is 0 Å². The summed E-state index contributed by atoms with van der Waals surface area (Å²) in [5.74, 6) is 0. The molecule has 0 amide bonds. The zero-order chi connectivity index (χ0) is 7.40. The fourth-order valence-corrected chi connectivity index (χ4v) is 1.01. The summed E-state index contributed by atoms with van der Waals surface area (Å²) in [5, 5.41) is 0. The van der Waals surface area contributed by atoms with Gasteiger partial charge in [-0.2, -0.15) is 0 Å². The minimum Gasteiger partial charge on any atom is -0.265 e. The zero-order valence-corrected chi connectivity index (χ0v) is 6.75. The first-order valence-electron chi connectivity index (χ1n) is 3.88. The maximum atomic E-state index is 2.28. The van der Waals surface area contributed by atoms with Crippen LogP contribution in [0.1, 0.15) is 13.8 Å². The molecule has 0 aromatic heterocycles. The molecule has 0 saturated carbocycles. The molecule has 0 fully saturated rings. The summed E-state index contributed by atoms with van der Waals surface area (Å²) >= 11 is 0. The van der Waals surface area contributed by atoms with Gasteiger partial charge in [0.1, 0.15) is 6.54 Å². The highest BCUT2D eigenvalue weighted by Gasteiger charge is 2.05. The van der Waals surface area contributed by atoms with Crippen LogP contribution in [0.2, 0.25) is 0 Å². The Morgan fingerprint density at radius 2 is 2.30 bits per heavy atom. The molecule has 2 heteroatoms. The maximum absolute atomic E-state index is 2.28. The third-order valence-corrected chi connectivity index (χ3v) is 1.72. The fourth-order valence-electron chi connectivity index (χ4n) is 1.01. The van der Waals surface area contributed by atoms with E-state index in [1.54, 1.807) is 0 Å². The highest BCUT2D eigenvalue weighted by Crippen LogP contribution is 1.92. The van der Waals surface area contributed by atoms with Crippen molar-refractivity contribution in [3.8, 4) is 0 Å². The van der Waals surface area contributed by atoms with Crippen molar-refractivity contribution in [2.45, 2.75) is 13.8 Å². The second kappa shape index (κ2) is 3.40. The molecule has 0 unspecified atom stereocenters. The molecule has 1 aliphatic heterocycles. The van der Waals surface area contributed by atoms with E-state index in [9.17, 15) is 0 Å². The molecule has 0 spiro atoms. The number of nitrogens with zero attached hydrogens (tertiary/aromatic N) is 2. The van der Waals surface area contributed by atoms with E-state index in [1.807, 2.05) is 0 Å². The van der Waals surface area contributed by atoms with E-state index in [2.05, 4.69) is 41.9 Å². The third kappa shape index (κ3) is 1.59. The van der Waals surface area contributed by atoms with Crippen LogP contribution in [0, 0.1) is 0 Å². The largest absolute Gasteiger partial charge is 0.265 e. The van der Waals surface area contributed by atoms with E-state index >= 15 is 0 Å². The molecule has 0 radical (unpaired) electrons. The molecule has 0 bridgehead atoms. The lowest BCUT2D eigenvalue weighted by molar-refractivity contribution is -0.515.